The van der Waals surface area contributed by atoms with E-state index in [1.807, 2.05) is 0 Å². The molecule has 1 amide bonds. The molecule has 40 heavy (non-hydrogen) atoms. The summed E-state index contributed by atoms with van der Waals surface area (Å²) in [6.07, 6.45) is 1.91. The number of nitro groups is 1. The predicted molar refractivity (Wildman–Crippen MR) is 148 cm³/mol. The molecule has 1 aromatic carbocycles. The second-order valence-electron chi connectivity index (χ2n) is 12.2. The summed E-state index contributed by atoms with van der Waals surface area (Å²) in [5.41, 5.74) is -1.94. The number of non-ortho nitro benzene ring substituents is 1. The fourth-order valence-electron chi connectivity index (χ4n) is 4.03. The maximum atomic E-state index is 13.2. The van der Waals surface area contributed by atoms with Crippen LogP contribution in [-0.2, 0) is 28.7 Å². The summed E-state index contributed by atoms with van der Waals surface area (Å²) >= 11 is 0. The van der Waals surface area contributed by atoms with Gasteiger partial charge in [0, 0.05) is 38.8 Å². The number of esters is 2. The Labute approximate surface area is 235 Å². The van der Waals surface area contributed by atoms with Crippen LogP contribution in [0.25, 0.3) is 0 Å². The van der Waals surface area contributed by atoms with Gasteiger partial charge in [0.15, 0.2) is 0 Å². The molecule has 1 saturated carbocycles. The third-order valence-electron chi connectivity index (χ3n) is 6.32. The average Bonchev–Trinajstić information content (AvgIpc) is 2.78. The van der Waals surface area contributed by atoms with E-state index in [9.17, 15) is 28.7 Å². The summed E-state index contributed by atoms with van der Waals surface area (Å²) < 4.78 is 37.7. The average molecular weight is 584 g/mol. The Morgan fingerprint density at radius 2 is 1.62 bits per heavy atom. The van der Waals surface area contributed by atoms with Gasteiger partial charge in [0.05, 0.1) is 17.1 Å². The van der Waals surface area contributed by atoms with E-state index in [1.165, 1.54) is 24.3 Å². The number of ether oxygens (including phenoxy) is 3. The maximum Gasteiger partial charge on any atom is 0.408 e. The molecule has 0 spiro atoms. The molecule has 13 heteroatoms. The molecular weight excluding hydrogens is 542 g/mol. The molecular formula is C27H41N3O9S. The van der Waals surface area contributed by atoms with Crippen molar-refractivity contribution >= 4 is 33.4 Å². The molecule has 12 nitrogen and oxygen atoms in total. The van der Waals surface area contributed by atoms with Crippen molar-refractivity contribution in [1.29, 1.82) is 4.78 Å². The normalized spacial score (nSPS) is 16.9. The van der Waals surface area contributed by atoms with Gasteiger partial charge in [0.25, 0.3) is 5.69 Å². The van der Waals surface area contributed by atoms with Gasteiger partial charge in [-0.15, -0.1) is 0 Å². The van der Waals surface area contributed by atoms with E-state index < -0.39 is 55.3 Å². The predicted octanol–water partition coefficient (Wildman–Crippen LogP) is 4.98. The van der Waals surface area contributed by atoms with Gasteiger partial charge in [-0.2, -0.15) is 0 Å². The highest BCUT2D eigenvalue weighted by Crippen LogP contribution is 2.44. The van der Waals surface area contributed by atoms with Crippen molar-refractivity contribution in [3.8, 4) is 0 Å². The van der Waals surface area contributed by atoms with Gasteiger partial charge >= 0.3 is 18.0 Å². The van der Waals surface area contributed by atoms with Crippen molar-refractivity contribution < 1.29 is 37.7 Å². The smallest absolute Gasteiger partial charge is 0.408 e. The van der Waals surface area contributed by atoms with Crippen molar-refractivity contribution in [3.63, 3.8) is 0 Å². The summed E-state index contributed by atoms with van der Waals surface area (Å²) in [6.45, 7) is 10.2. The zero-order chi connectivity index (χ0) is 30.4. The first-order chi connectivity index (χ1) is 18.3. The number of nitrogens with zero attached hydrogens (tertiary/aromatic N) is 1. The van der Waals surface area contributed by atoms with E-state index in [0.717, 1.165) is 19.3 Å². The van der Waals surface area contributed by atoms with Crippen LogP contribution in [0.3, 0.4) is 0 Å². The fourth-order valence-corrected chi connectivity index (χ4v) is 5.61. The van der Waals surface area contributed by atoms with E-state index in [4.69, 9.17) is 19.0 Å². The van der Waals surface area contributed by atoms with Gasteiger partial charge in [0.2, 0.25) is 0 Å². The molecule has 0 aliphatic heterocycles. The first kappa shape index (κ1) is 33.0. The highest BCUT2D eigenvalue weighted by molar-refractivity contribution is 7.92. The summed E-state index contributed by atoms with van der Waals surface area (Å²) in [5.74, 6) is -1.43. The van der Waals surface area contributed by atoms with E-state index in [-0.39, 0.29) is 35.8 Å². The van der Waals surface area contributed by atoms with Gasteiger partial charge in [0.1, 0.15) is 17.2 Å². The molecule has 2 rings (SSSR count). The van der Waals surface area contributed by atoms with Gasteiger partial charge in [-0.1, -0.05) is 6.42 Å². The highest BCUT2D eigenvalue weighted by atomic mass is 32.2. The van der Waals surface area contributed by atoms with E-state index in [2.05, 4.69) is 5.32 Å². The van der Waals surface area contributed by atoms with Gasteiger partial charge in [-0.05, 0) is 79.4 Å². The van der Waals surface area contributed by atoms with E-state index >= 15 is 0 Å². The number of carbonyl (C=O) groups is 3. The lowest BCUT2D eigenvalue weighted by molar-refractivity contribution is -0.384. The Balaban J connectivity index is 1.97. The van der Waals surface area contributed by atoms with Crippen LogP contribution in [0.15, 0.2) is 24.3 Å². The largest absolute Gasteiger partial charge is 0.462 e. The van der Waals surface area contributed by atoms with Crippen molar-refractivity contribution in [2.75, 3.05) is 18.1 Å². The van der Waals surface area contributed by atoms with Gasteiger partial charge < -0.3 is 19.5 Å². The zero-order valence-corrected chi connectivity index (χ0v) is 24.9. The lowest BCUT2D eigenvalue weighted by atomic mass is 9.67. The molecule has 2 atom stereocenters. The zero-order valence-electron chi connectivity index (χ0n) is 24.1. The van der Waals surface area contributed by atoms with Crippen LogP contribution in [0.5, 0.6) is 0 Å². The van der Waals surface area contributed by atoms with Gasteiger partial charge in [-0.3, -0.25) is 14.9 Å². The van der Waals surface area contributed by atoms with Crippen LogP contribution in [0.1, 0.15) is 84.0 Å². The summed E-state index contributed by atoms with van der Waals surface area (Å²) in [4.78, 5) is 47.8. The van der Waals surface area contributed by atoms with E-state index in [1.54, 1.807) is 41.5 Å². The highest BCUT2D eigenvalue weighted by Gasteiger charge is 2.39. The maximum absolute atomic E-state index is 13.2. The lowest BCUT2D eigenvalue weighted by Gasteiger charge is -2.41. The Kier molecular flexibility index (Phi) is 10.7. The molecule has 0 bridgehead atoms. The third-order valence-corrected chi connectivity index (χ3v) is 8.08. The summed E-state index contributed by atoms with van der Waals surface area (Å²) in [7, 11) is -3.14. The standard InChI is InChI=1S/C27H41N3O9S/c1-25(2,3)38-23(32)21(29-24(33)39-26(4,5)6)12-16-40(28,36)17-15-27(13-7-14-27)18-37-22(31)19-8-10-20(11-9-19)30(34)35/h8-11,21,28H,7,12-18H2,1-6H3,(H,29,33)/t21-,40-/m0/s1. The SMILES string of the molecule is CC(C)(C)OC(=O)N[C@@H](CC[S@](=N)(=O)CCC1(COC(=O)c2ccc([N+](=O)[O-])cc2)CCC1)C(=O)OC(C)(C)C. The van der Waals surface area contributed by atoms with Crippen molar-refractivity contribution in [2.24, 2.45) is 5.41 Å². The second-order valence-corrected chi connectivity index (χ2v) is 14.7. The van der Waals surface area contributed by atoms with Crippen molar-refractivity contribution in [2.45, 2.75) is 90.9 Å². The number of carbonyl (C=O) groups excluding carboxylic acids is 3. The monoisotopic (exact) mass is 583 g/mol. The van der Waals surface area contributed by atoms with Crippen LogP contribution >= 0.6 is 0 Å². The third kappa shape index (κ3) is 11.1. The molecule has 0 radical (unpaired) electrons. The van der Waals surface area contributed by atoms with Crippen molar-refractivity contribution in [3.05, 3.63) is 39.9 Å². The van der Waals surface area contributed by atoms with Crippen LogP contribution in [0, 0.1) is 20.3 Å². The minimum atomic E-state index is -3.14. The summed E-state index contributed by atoms with van der Waals surface area (Å²) in [5, 5.41) is 13.3. The Morgan fingerprint density at radius 1 is 1.05 bits per heavy atom. The second kappa shape index (κ2) is 13.0. The molecule has 1 fully saturated rings. The minimum absolute atomic E-state index is 0.0373. The number of benzene rings is 1. The van der Waals surface area contributed by atoms with Crippen LogP contribution in [0.2, 0.25) is 0 Å². The summed E-state index contributed by atoms with van der Waals surface area (Å²) in [6, 6.07) is 3.98. The first-order valence-corrected chi connectivity index (χ1v) is 15.1. The Morgan fingerprint density at radius 3 is 2.10 bits per heavy atom. The number of nitro benzene ring substituents is 1. The number of rotatable bonds is 12. The molecule has 0 heterocycles. The molecule has 0 unspecified atom stereocenters. The molecule has 0 aromatic heterocycles. The molecule has 1 aliphatic carbocycles. The first-order valence-electron chi connectivity index (χ1n) is 13.2. The Bertz CT molecular complexity index is 1180. The van der Waals surface area contributed by atoms with Crippen LogP contribution in [-0.4, -0.2) is 62.5 Å². The fraction of sp³-hybridized carbons (Fsp3) is 0.667. The Hall–Kier alpha value is -3.22. The number of nitrogens with one attached hydrogen (secondary N) is 2. The topological polar surface area (TPSA) is 175 Å². The number of alkyl carbamates (subject to hydrolysis) is 1. The molecule has 1 aromatic rings. The van der Waals surface area contributed by atoms with Gasteiger partial charge in [-0.25, -0.2) is 18.6 Å². The van der Waals surface area contributed by atoms with Crippen LogP contribution in [0.4, 0.5) is 10.5 Å². The number of amides is 1. The molecule has 0 saturated heterocycles. The quantitative estimate of drug-likeness (QED) is 0.149. The van der Waals surface area contributed by atoms with E-state index in [0.29, 0.717) is 6.42 Å². The number of hydrogen-bond acceptors (Lipinski definition) is 10. The minimum Gasteiger partial charge on any atom is -0.462 e. The van der Waals surface area contributed by atoms with Crippen molar-refractivity contribution in [1.82, 2.24) is 5.32 Å². The molecule has 1 aliphatic rings. The molecule has 224 valence electrons. The number of hydrogen-bond donors (Lipinski definition) is 2. The lowest BCUT2D eigenvalue weighted by Crippen LogP contribution is -2.46. The van der Waals surface area contributed by atoms with Crippen LogP contribution < -0.4 is 5.32 Å². The molecule has 2 N–H and O–H groups in total.